The third-order valence-electron chi connectivity index (χ3n) is 0.669. The molecule has 6 heavy (non-hydrogen) atoms. The number of hydrogen-bond donors (Lipinski definition) is 0. The molecule has 0 atom stereocenters. The lowest BCUT2D eigenvalue weighted by molar-refractivity contribution is 1.96. The SMILES string of the molecule is C=CC=C1C=C1. The molecule has 0 amide bonds. The average Bonchev–Trinajstić information content (AvgIpc) is 2.21. The summed E-state index contributed by atoms with van der Waals surface area (Å²) in [7, 11) is 0. The molecule has 30 valence electrons. The van der Waals surface area contributed by atoms with E-state index in [-0.39, 0.29) is 0 Å². The quantitative estimate of drug-likeness (QED) is 0.447. The Hall–Kier alpha value is -0.780. The van der Waals surface area contributed by atoms with E-state index in [9.17, 15) is 0 Å². The summed E-state index contributed by atoms with van der Waals surface area (Å²) in [6.45, 7) is 3.52. The van der Waals surface area contributed by atoms with Crippen LogP contribution >= 0.6 is 0 Å². The van der Waals surface area contributed by atoms with Crippen molar-refractivity contribution in [1.29, 1.82) is 0 Å². The zero-order chi connectivity index (χ0) is 4.41. The molecule has 0 spiro atoms. The van der Waals surface area contributed by atoms with E-state index in [4.69, 9.17) is 0 Å². The first-order chi connectivity index (χ1) is 2.93. The van der Waals surface area contributed by atoms with Crippen molar-refractivity contribution < 1.29 is 0 Å². The third-order valence-corrected chi connectivity index (χ3v) is 0.669. The van der Waals surface area contributed by atoms with Crippen LogP contribution in [0.4, 0.5) is 0 Å². The van der Waals surface area contributed by atoms with Gasteiger partial charge in [-0.3, -0.25) is 0 Å². The number of hydrogen-bond acceptors (Lipinski definition) is 0. The predicted octanol–water partition coefficient (Wildman–Crippen LogP) is 1.67. The fourth-order valence-electron chi connectivity index (χ4n) is 0.295. The molecule has 0 heteroatoms. The van der Waals surface area contributed by atoms with Crippen LogP contribution in [0.2, 0.25) is 0 Å². The highest BCUT2D eigenvalue weighted by Gasteiger charge is 1.92. The molecular weight excluding hydrogens is 72.1 g/mol. The molecule has 1 aliphatic carbocycles. The summed E-state index contributed by atoms with van der Waals surface area (Å²) in [4.78, 5) is 0. The summed E-state index contributed by atoms with van der Waals surface area (Å²) in [5.41, 5.74) is 1.30. The van der Waals surface area contributed by atoms with Gasteiger partial charge in [0.15, 0.2) is 0 Å². The predicted molar refractivity (Wildman–Crippen MR) is 27.4 cm³/mol. The Balaban J connectivity index is 2.46. The second-order valence-corrected chi connectivity index (χ2v) is 1.24. The highest BCUT2D eigenvalue weighted by atomic mass is 14.0. The van der Waals surface area contributed by atoms with Gasteiger partial charge in [-0.25, -0.2) is 0 Å². The molecule has 0 saturated carbocycles. The molecule has 0 unspecified atom stereocenters. The maximum absolute atomic E-state index is 3.52. The second-order valence-electron chi connectivity index (χ2n) is 1.24. The smallest absolute Gasteiger partial charge is 0.0256 e. The van der Waals surface area contributed by atoms with E-state index in [1.807, 2.05) is 18.2 Å². The molecule has 0 N–H and O–H groups in total. The molecule has 0 nitrogen and oxygen atoms in total. The van der Waals surface area contributed by atoms with E-state index >= 15 is 0 Å². The Morgan fingerprint density at radius 3 is 2.33 bits per heavy atom. The standard InChI is InChI=1S/C6H6/c1-2-3-6-4-5-6/h2-5H,1H2. The topological polar surface area (TPSA) is 0 Å². The summed E-state index contributed by atoms with van der Waals surface area (Å²) >= 11 is 0. The van der Waals surface area contributed by atoms with Crippen LogP contribution in [0.25, 0.3) is 0 Å². The van der Waals surface area contributed by atoms with Crippen molar-refractivity contribution >= 4 is 0 Å². The molecule has 1 aliphatic rings. The van der Waals surface area contributed by atoms with Crippen molar-refractivity contribution in [3.8, 4) is 0 Å². The van der Waals surface area contributed by atoms with E-state index in [1.54, 1.807) is 6.08 Å². The van der Waals surface area contributed by atoms with E-state index in [2.05, 4.69) is 6.58 Å². The highest BCUT2D eigenvalue weighted by molar-refractivity contribution is 5.47. The van der Waals surface area contributed by atoms with Crippen LogP contribution in [0.3, 0.4) is 0 Å². The number of rotatable bonds is 1. The molecule has 0 aromatic rings. The summed E-state index contributed by atoms with van der Waals surface area (Å²) in [6.07, 6.45) is 7.85. The fourth-order valence-corrected chi connectivity index (χ4v) is 0.295. The van der Waals surface area contributed by atoms with Gasteiger partial charge in [0.05, 0.1) is 0 Å². The molecule has 0 saturated heterocycles. The van der Waals surface area contributed by atoms with E-state index in [0.717, 1.165) is 0 Å². The molecule has 0 radical (unpaired) electrons. The minimum atomic E-state index is 1.30. The van der Waals surface area contributed by atoms with Gasteiger partial charge < -0.3 is 0 Å². The van der Waals surface area contributed by atoms with Crippen LogP contribution in [0, 0.1) is 0 Å². The van der Waals surface area contributed by atoms with Crippen molar-refractivity contribution in [2.24, 2.45) is 0 Å². The fraction of sp³-hybridized carbons (Fsp3) is 0. The Labute approximate surface area is 37.5 Å². The summed E-state index contributed by atoms with van der Waals surface area (Å²) in [6, 6.07) is 0. The van der Waals surface area contributed by atoms with Crippen molar-refractivity contribution in [3.05, 3.63) is 36.5 Å². The Kier molecular flexibility index (Phi) is 0.643. The van der Waals surface area contributed by atoms with Crippen LogP contribution in [-0.4, -0.2) is 0 Å². The van der Waals surface area contributed by atoms with Gasteiger partial charge >= 0.3 is 0 Å². The lowest BCUT2D eigenvalue weighted by Gasteiger charge is -1.60. The van der Waals surface area contributed by atoms with Gasteiger partial charge in [-0.05, 0) is 5.57 Å². The Morgan fingerprint density at radius 1 is 1.50 bits per heavy atom. The van der Waals surface area contributed by atoms with Crippen LogP contribution in [0.5, 0.6) is 0 Å². The van der Waals surface area contributed by atoms with Gasteiger partial charge in [0.25, 0.3) is 0 Å². The first-order valence-electron chi connectivity index (χ1n) is 1.94. The lowest BCUT2D eigenvalue weighted by atomic mass is 10.5. The maximum Gasteiger partial charge on any atom is -0.0256 e. The molecule has 0 bridgehead atoms. The second kappa shape index (κ2) is 1.13. The third kappa shape index (κ3) is 0.582. The van der Waals surface area contributed by atoms with E-state index in [1.165, 1.54) is 5.57 Å². The van der Waals surface area contributed by atoms with Crippen molar-refractivity contribution in [2.75, 3.05) is 0 Å². The Morgan fingerprint density at radius 2 is 2.17 bits per heavy atom. The van der Waals surface area contributed by atoms with Gasteiger partial charge in [0.1, 0.15) is 0 Å². The van der Waals surface area contributed by atoms with E-state index in [0.29, 0.717) is 0 Å². The van der Waals surface area contributed by atoms with Gasteiger partial charge in [-0.2, -0.15) is 0 Å². The van der Waals surface area contributed by atoms with Crippen molar-refractivity contribution in [1.82, 2.24) is 0 Å². The largest absolute Gasteiger partial charge is 0.0990 e. The first kappa shape index (κ1) is 3.41. The van der Waals surface area contributed by atoms with Gasteiger partial charge in [0.2, 0.25) is 0 Å². The van der Waals surface area contributed by atoms with Crippen molar-refractivity contribution in [2.45, 2.75) is 0 Å². The zero-order valence-corrected chi connectivity index (χ0v) is 3.52. The number of allylic oxidation sites excluding steroid dienone is 5. The van der Waals surface area contributed by atoms with Crippen LogP contribution < -0.4 is 0 Å². The monoisotopic (exact) mass is 78.0 g/mol. The van der Waals surface area contributed by atoms with Crippen molar-refractivity contribution in [3.63, 3.8) is 0 Å². The molecular formula is C6H6. The minimum Gasteiger partial charge on any atom is -0.0990 e. The molecule has 1 rings (SSSR count). The van der Waals surface area contributed by atoms with Gasteiger partial charge in [-0.1, -0.05) is 30.9 Å². The Bertz CT molecular complexity index is 108. The zero-order valence-electron chi connectivity index (χ0n) is 3.52. The lowest BCUT2D eigenvalue weighted by Crippen LogP contribution is -1.40. The summed E-state index contributed by atoms with van der Waals surface area (Å²) in [5, 5.41) is 0. The van der Waals surface area contributed by atoms with Crippen LogP contribution in [0.15, 0.2) is 36.5 Å². The van der Waals surface area contributed by atoms with Crippen LogP contribution in [0.1, 0.15) is 0 Å². The first-order valence-corrected chi connectivity index (χ1v) is 1.94. The maximum atomic E-state index is 3.52. The molecule has 0 aromatic carbocycles. The minimum absolute atomic E-state index is 1.30. The average molecular weight is 78.1 g/mol. The van der Waals surface area contributed by atoms with Crippen LogP contribution in [-0.2, 0) is 0 Å². The summed E-state index contributed by atoms with van der Waals surface area (Å²) < 4.78 is 0. The molecule has 0 aromatic heterocycles. The molecule has 0 aliphatic heterocycles. The highest BCUT2D eigenvalue weighted by Crippen LogP contribution is 2.12. The molecule has 0 heterocycles. The summed E-state index contributed by atoms with van der Waals surface area (Å²) in [5.74, 6) is 0. The molecule has 0 fully saturated rings. The van der Waals surface area contributed by atoms with E-state index < -0.39 is 0 Å². The van der Waals surface area contributed by atoms with Gasteiger partial charge in [-0.15, -0.1) is 0 Å². The normalized spacial score (nSPS) is 14.3. The van der Waals surface area contributed by atoms with Gasteiger partial charge in [0, 0.05) is 0 Å².